The summed E-state index contributed by atoms with van der Waals surface area (Å²) in [6.45, 7) is 4.89. The minimum atomic E-state index is -0.845. The molecule has 3 N–H and O–H groups in total. The van der Waals surface area contributed by atoms with Crippen molar-refractivity contribution < 1.29 is 24.5 Å². The van der Waals surface area contributed by atoms with Gasteiger partial charge in [0.1, 0.15) is 0 Å². The van der Waals surface area contributed by atoms with Crippen LogP contribution in [0.4, 0.5) is 0 Å². The summed E-state index contributed by atoms with van der Waals surface area (Å²) in [6, 6.07) is -0.629. The number of amides is 1. The van der Waals surface area contributed by atoms with E-state index in [-0.39, 0.29) is 18.5 Å². The molecule has 71 heavy (non-hydrogen) atoms. The van der Waals surface area contributed by atoms with E-state index in [0.717, 1.165) is 51.4 Å². The third-order valence-corrected chi connectivity index (χ3v) is 14.7. The smallest absolute Gasteiger partial charge is 0.305 e. The molecule has 1 amide bonds. The van der Waals surface area contributed by atoms with Gasteiger partial charge in [0.2, 0.25) is 5.91 Å². The van der Waals surface area contributed by atoms with Crippen LogP contribution in [0.5, 0.6) is 0 Å². The molecule has 0 saturated carbocycles. The van der Waals surface area contributed by atoms with Gasteiger partial charge in [0.15, 0.2) is 0 Å². The van der Waals surface area contributed by atoms with E-state index in [2.05, 4.69) is 43.5 Å². The summed E-state index contributed by atoms with van der Waals surface area (Å²) in [5, 5.41) is 23.2. The number of hydrogen-bond acceptors (Lipinski definition) is 5. The zero-order chi connectivity index (χ0) is 51.4. The first kappa shape index (κ1) is 69.1. The Bertz CT molecular complexity index is 1150. The highest BCUT2D eigenvalue weighted by Crippen LogP contribution is 2.18. The molecule has 6 nitrogen and oxygen atoms in total. The molecule has 0 spiro atoms. The first-order valence-corrected chi connectivity index (χ1v) is 31.8. The topological polar surface area (TPSA) is 95.9 Å². The van der Waals surface area contributed by atoms with E-state index in [9.17, 15) is 19.8 Å². The summed E-state index contributed by atoms with van der Waals surface area (Å²) in [4.78, 5) is 24.6. The third kappa shape index (κ3) is 57.2. The molecule has 2 atom stereocenters. The number of rotatable bonds is 59. The fourth-order valence-corrected chi connectivity index (χ4v) is 9.78. The summed E-state index contributed by atoms with van der Waals surface area (Å²) in [7, 11) is 0. The van der Waals surface area contributed by atoms with Crippen molar-refractivity contribution >= 4 is 11.9 Å². The van der Waals surface area contributed by atoms with Crippen LogP contribution in [0.15, 0.2) is 36.5 Å². The van der Waals surface area contributed by atoms with Gasteiger partial charge < -0.3 is 20.3 Å². The first-order chi connectivity index (χ1) is 35.0. The Kier molecular flexibility index (Phi) is 59.0. The van der Waals surface area contributed by atoms with Crippen molar-refractivity contribution in [2.75, 3.05) is 13.2 Å². The molecule has 0 aliphatic carbocycles. The Labute approximate surface area is 443 Å². The summed E-state index contributed by atoms with van der Waals surface area (Å²) >= 11 is 0. The highest BCUT2D eigenvalue weighted by molar-refractivity contribution is 5.76. The van der Waals surface area contributed by atoms with Crippen LogP contribution in [0.2, 0.25) is 0 Å². The van der Waals surface area contributed by atoms with Gasteiger partial charge in [-0.15, -0.1) is 0 Å². The lowest BCUT2D eigenvalue weighted by atomic mass is 10.0. The lowest BCUT2D eigenvalue weighted by Crippen LogP contribution is -2.45. The number of allylic oxidation sites excluding steroid dienone is 5. The lowest BCUT2D eigenvalue weighted by molar-refractivity contribution is -0.143. The van der Waals surface area contributed by atoms with Gasteiger partial charge in [-0.1, -0.05) is 301 Å². The Balaban J connectivity index is 3.40. The predicted octanol–water partition coefficient (Wildman–Crippen LogP) is 20.0. The maximum Gasteiger partial charge on any atom is 0.305 e. The molecule has 0 rings (SSSR count). The molecule has 0 aromatic carbocycles. The van der Waals surface area contributed by atoms with Crippen molar-refractivity contribution in [1.82, 2.24) is 5.32 Å². The second-order valence-corrected chi connectivity index (χ2v) is 21.7. The van der Waals surface area contributed by atoms with Gasteiger partial charge in [0, 0.05) is 12.8 Å². The molecule has 0 aromatic heterocycles. The molecule has 0 fully saturated rings. The van der Waals surface area contributed by atoms with Gasteiger partial charge in [-0.2, -0.15) is 0 Å². The van der Waals surface area contributed by atoms with Crippen LogP contribution < -0.4 is 5.32 Å². The van der Waals surface area contributed by atoms with Crippen molar-refractivity contribution in [2.24, 2.45) is 0 Å². The van der Waals surface area contributed by atoms with E-state index in [1.807, 2.05) is 6.08 Å². The molecule has 0 saturated heterocycles. The lowest BCUT2D eigenvalue weighted by Gasteiger charge is -2.20. The van der Waals surface area contributed by atoms with Crippen molar-refractivity contribution in [2.45, 2.75) is 353 Å². The fourth-order valence-electron chi connectivity index (χ4n) is 9.78. The van der Waals surface area contributed by atoms with E-state index in [4.69, 9.17) is 4.74 Å². The quantitative estimate of drug-likeness (QED) is 0.0321. The molecule has 418 valence electrons. The molecule has 0 heterocycles. The number of unbranched alkanes of at least 4 members (excludes halogenated alkanes) is 44. The van der Waals surface area contributed by atoms with Gasteiger partial charge in [0.25, 0.3) is 0 Å². The Morgan fingerprint density at radius 1 is 0.394 bits per heavy atom. The maximum absolute atomic E-state index is 12.5. The van der Waals surface area contributed by atoms with Crippen LogP contribution in [0, 0.1) is 0 Å². The zero-order valence-corrected chi connectivity index (χ0v) is 47.7. The maximum atomic E-state index is 12.5. The molecular formula is C65H123NO5. The standard InChI is InChI=1S/C65H123NO5/c1-3-5-7-9-11-13-15-17-19-26-31-35-39-43-47-51-55-59-65(70)71-60-56-52-48-44-40-36-32-28-25-23-21-22-24-27-30-34-38-42-46-50-54-58-64(69)66-62(61-67)63(68)57-53-49-45-41-37-33-29-20-18-16-14-12-10-8-6-4-2/h11,13,17,19,53,57,62-63,67-68H,3-10,12,14-16,18,20-52,54-56,58-61H2,1-2H3,(H,66,69)/b13-11-,19-17-,57-53+. The monoisotopic (exact) mass is 998 g/mol. The predicted molar refractivity (Wildman–Crippen MR) is 310 cm³/mol. The van der Waals surface area contributed by atoms with E-state index in [1.54, 1.807) is 6.08 Å². The molecular weight excluding hydrogens is 875 g/mol. The van der Waals surface area contributed by atoms with E-state index < -0.39 is 12.1 Å². The van der Waals surface area contributed by atoms with Gasteiger partial charge in [-0.25, -0.2) is 0 Å². The normalized spacial score (nSPS) is 12.8. The average molecular weight is 999 g/mol. The summed E-state index contributed by atoms with van der Waals surface area (Å²) < 4.78 is 5.49. The number of aliphatic hydroxyl groups is 2. The zero-order valence-electron chi connectivity index (χ0n) is 47.7. The summed E-state index contributed by atoms with van der Waals surface area (Å²) in [6.07, 6.45) is 76.1. The molecule has 0 bridgehead atoms. The fraction of sp³-hybridized carbons (Fsp3) is 0.877. The van der Waals surface area contributed by atoms with Crippen LogP contribution in [-0.4, -0.2) is 47.4 Å². The van der Waals surface area contributed by atoms with Crippen LogP contribution in [0.25, 0.3) is 0 Å². The Hall–Kier alpha value is -1.92. The molecule has 6 heteroatoms. The minimum Gasteiger partial charge on any atom is -0.466 e. The average Bonchev–Trinajstić information content (AvgIpc) is 3.37. The summed E-state index contributed by atoms with van der Waals surface area (Å²) in [5.41, 5.74) is 0. The second-order valence-electron chi connectivity index (χ2n) is 21.7. The van der Waals surface area contributed by atoms with Crippen LogP contribution in [0.3, 0.4) is 0 Å². The number of carbonyl (C=O) groups is 2. The summed E-state index contributed by atoms with van der Waals surface area (Å²) in [5.74, 6) is -0.0636. The van der Waals surface area contributed by atoms with Crippen LogP contribution >= 0.6 is 0 Å². The third-order valence-electron chi connectivity index (χ3n) is 14.7. The molecule has 0 aliphatic heterocycles. The molecule has 0 aromatic rings. The molecule has 2 unspecified atom stereocenters. The first-order valence-electron chi connectivity index (χ1n) is 31.8. The van der Waals surface area contributed by atoms with E-state index in [0.29, 0.717) is 19.4 Å². The SMILES string of the molecule is CCCCC/C=C\C/C=C\CCCCCCCCCC(=O)OCCCCCCCCCCCCCCCCCCCCCCCC(=O)NC(CO)C(O)/C=C/CCCCCCCCCCCCCCCC. The van der Waals surface area contributed by atoms with Crippen LogP contribution in [-0.2, 0) is 14.3 Å². The van der Waals surface area contributed by atoms with Crippen molar-refractivity contribution in [3.05, 3.63) is 36.5 Å². The van der Waals surface area contributed by atoms with Gasteiger partial charge in [-0.05, 0) is 64.2 Å². The van der Waals surface area contributed by atoms with Crippen molar-refractivity contribution in [3.63, 3.8) is 0 Å². The van der Waals surface area contributed by atoms with Gasteiger partial charge >= 0.3 is 5.97 Å². The van der Waals surface area contributed by atoms with Gasteiger partial charge in [0.05, 0.1) is 25.4 Å². The van der Waals surface area contributed by atoms with E-state index in [1.165, 1.54) is 263 Å². The number of hydrogen-bond donors (Lipinski definition) is 3. The number of carbonyl (C=O) groups excluding carboxylic acids is 2. The highest BCUT2D eigenvalue weighted by Gasteiger charge is 2.18. The molecule has 0 aliphatic rings. The van der Waals surface area contributed by atoms with E-state index >= 15 is 0 Å². The van der Waals surface area contributed by atoms with Crippen molar-refractivity contribution in [3.8, 4) is 0 Å². The second kappa shape index (κ2) is 60.6. The van der Waals surface area contributed by atoms with Crippen molar-refractivity contribution in [1.29, 1.82) is 0 Å². The Morgan fingerprint density at radius 2 is 0.704 bits per heavy atom. The van der Waals surface area contributed by atoms with Crippen LogP contribution in [0.1, 0.15) is 341 Å². The number of ether oxygens (including phenoxy) is 1. The largest absolute Gasteiger partial charge is 0.466 e. The number of esters is 1. The minimum absolute atomic E-state index is 0.00379. The highest BCUT2D eigenvalue weighted by atomic mass is 16.5. The Morgan fingerprint density at radius 3 is 1.10 bits per heavy atom. The van der Waals surface area contributed by atoms with Gasteiger partial charge in [-0.3, -0.25) is 9.59 Å². The number of aliphatic hydroxyl groups excluding tert-OH is 2. The number of nitrogens with one attached hydrogen (secondary N) is 1. The molecule has 0 radical (unpaired) electrons.